The molecule has 184 valence electrons. The maximum absolute atomic E-state index is 13.1. The molecule has 2 aliphatic carbocycles. The predicted molar refractivity (Wildman–Crippen MR) is 135 cm³/mol. The second-order valence-corrected chi connectivity index (χ2v) is 10.2. The third-order valence-corrected chi connectivity index (χ3v) is 7.97. The van der Waals surface area contributed by atoms with Crippen molar-refractivity contribution >= 4 is 23.0 Å². The highest BCUT2D eigenvalue weighted by atomic mass is 35.5. The summed E-state index contributed by atoms with van der Waals surface area (Å²) in [7, 11) is 1.73. The van der Waals surface area contributed by atoms with E-state index in [-0.39, 0.29) is 28.6 Å². The van der Waals surface area contributed by atoms with Crippen molar-refractivity contribution in [2.45, 2.75) is 69.2 Å². The zero-order valence-electron chi connectivity index (χ0n) is 19.9. The van der Waals surface area contributed by atoms with Crippen LogP contribution in [0.1, 0.15) is 51.0 Å². The largest absolute Gasteiger partial charge is 0.382 e. The van der Waals surface area contributed by atoms with Gasteiger partial charge >= 0.3 is 0 Å². The van der Waals surface area contributed by atoms with Crippen LogP contribution in [0, 0.1) is 5.92 Å². The van der Waals surface area contributed by atoms with Crippen molar-refractivity contribution in [1.82, 2.24) is 9.78 Å². The normalized spacial score (nSPS) is 27.4. The molecule has 1 aliphatic heterocycles. The summed E-state index contributed by atoms with van der Waals surface area (Å²) in [5.74, 6) is 0.214. The van der Waals surface area contributed by atoms with E-state index in [1.54, 1.807) is 18.0 Å². The van der Waals surface area contributed by atoms with Gasteiger partial charge in [0.2, 0.25) is 0 Å². The lowest BCUT2D eigenvalue weighted by molar-refractivity contribution is -0.0512. The van der Waals surface area contributed by atoms with E-state index in [4.69, 9.17) is 21.1 Å². The number of benzene rings is 1. The third-order valence-electron chi connectivity index (χ3n) is 7.61. The van der Waals surface area contributed by atoms with E-state index < -0.39 is 0 Å². The Bertz CT molecular complexity index is 1000. The summed E-state index contributed by atoms with van der Waals surface area (Å²) in [5.41, 5.74) is 1.70. The Morgan fingerprint density at radius 1 is 1.12 bits per heavy atom. The lowest BCUT2D eigenvalue weighted by atomic mass is 9.89. The molecule has 1 aromatic heterocycles. The highest BCUT2D eigenvalue weighted by Crippen LogP contribution is 2.39. The fraction of sp³-hybridized carbons (Fsp3) is 0.615. The second-order valence-electron chi connectivity index (χ2n) is 9.84. The molecule has 3 aliphatic rings. The minimum Gasteiger partial charge on any atom is -0.382 e. The summed E-state index contributed by atoms with van der Waals surface area (Å²) in [6.45, 7) is 1.99. The number of hydrogen-bond donors (Lipinski definition) is 1. The molecule has 0 radical (unpaired) electrons. The van der Waals surface area contributed by atoms with Crippen molar-refractivity contribution < 1.29 is 9.47 Å². The van der Waals surface area contributed by atoms with Gasteiger partial charge in [0, 0.05) is 44.0 Å². The number of hydrogen-bond acceptors (Lipinski definition) is 6. The molecule has 8 heteroatoms. The molecule has 1 aromatic carbocycles. The molecule has 0 bridgehead atoms. The topological polar surface area (TPSA) is 68.6 Å². The molecular formula is C26H35ClN4O3. The van der Waals surface area contributed by atoms with E-state index in [2.05, 4.69) is 45.6 Å². The zero-order chi connectivity index (χ0) is 23.5. The molecule has 34 heavy (non-hydrogen) atoms. The minimum absolute atomic E-state index is 0.0942. The van der Waals surface area contributed by atoms with Gasteiger partial charge in [0.15, 0.2) is 0 Å². The van der Waals surface area contributed by atoms with Gasteiger partial charge in [-0.3, -0.25) is 4.79 Å². The molecule has 2 heterocycles. The Morgan fingerprint density at radius 3 is 2.50 bits per heavy atom. The number of ether oxygens (including phenoxy) is 2. The van der Waals surface area contributed by atoms with Crippen LogP contribution in [0.4, 0.5) is 11.4 Å². The SMILES string of the molecule is CO[C@H]1CCOC[C@H]1CNc1cnn(C2CCC(N(c3ccccc3)C3CC3)CC2)c(=O)c1Cl. The lowest BCUT2D eigenvalue weighted by Gasteiger charge is -2.39. The average molecular weight is 487 g/mol. The first-order valence-corrected chi connectivity index (χ1v) is 13.0. The molecule has 1 saturated heterocycles. The molecule has 1 N–H and O–H groups in total. The first kappa shape index (κ1) is 23.6. The monoisotopic (exact) mass is 486 g/mol. The number of aromatic nitrogens is 2. The van der Waals surface area contributed by atoms with Crippen LogP contribution in [0.5, 0.6) is 0 Å². The van der Waals surface area contributed by atoms with Crippen LogP contribution in [0.15, 0.2) is 41.3 Å². The Balaban J connectivity index is 1.22. The molecule has 2 aromatic rings. The van der Waals surface area contributed by atoms with Crippen molar-refractivity contribution in [2.75, 3.05) is 37.1 Å². The number of anilines is 2. The molecular weight excluding hydrogens is 452 g/mol. The molecule has 0 unspecified atom stereocenters. The first-order valence-electron chi connectivity index (χ1n) is 12.6. The van der Waals surface area contributed by atoms with Gasteiger partial charge in [-0.1, -0.05) is 29.8 Å². The van der Waals surface area contributed by atoms with Crippen LogP contribution in [-0.2, 0) is 9.47 Å². The van der Waals surface area contributed by atoms with Crippen molar-refractivity contribution in [3.8, 4) is 0 Å². The van der Waals surface area contributed by atoms with Gasteiger partial charge in [-0.05, 0) is 57.1 Å². The van der Waals surface area contributed by atoms with E-state index in [0.717, 1.165) is 38.7 Å². The molecule has 5 rings (SSSR count). The highest BCUT2D eigenvalue weighted by Gasteiger charge is 2.36. The van der Waals surface area contributed by atoms with Gasteiger partial charge in [0.05, 0.1) is 30.6 Å². The molecule has 7 nitrogen and oxygen atoms in total. The first-order chi connectivity index (χ1) is 16.7. The smallest absolute Gasteiger partial charge is 0.287 e. The van der Waals surface area contributed by atoms with Crippen LogP contribution in [-0.4, -0.2) is 54.8 Å². The van der Waals surface area contributed by atoms with Gasteiger partial charge in [0.1, 0.15) is 5.02 Å². The maximum Gasteiger partial charge on any atom is 0.287 e. The Hall–Kier alpha value is -2.09. The minimum atomic E-state index is -0.208. The van der Waals surface area contributed by atoms with Crippen LogP contribution < -0.4 is 15.8 Å². The summed E-state index contributed by atoms with van der Waals surface area (Å²) >= 11 is 6.51. The molecule has 2 atom stereocenters. The van der Waals surface area contributed by atoms with Gasteiger partial charge in [-0.2, -0.15) is 5.10 Å². The highest BCUT2D eigenvalue weighted by molar-refractivity contribution is 6.32. The van der Waals surface area contributed by atoms with Crippen molar-refractivity contribution in [3.63, 3.8) is 0 Å². The van der Waals surface area contributed by atoms with Crippen LogP contribution >= 0.6 is 11.6 Å². The van der Waals surface area contributed by atoms with E-state index in [0.29, 0.717) is 30.9 Å². The van der Waals surface area contributed by atoms with Crippen LogP contribution in [0.2, 0.25) is 5.02 Å². The molecule has 2 saturated carbocycles. The summed E-state index contributed by atoms with van der Waals surface area (Å²) in [4.78, 5) is 15.7. The predicted octanol–water partition coefficient (Wildman–Crippen LogP) is 4.51. The van der Waals surface area contributed by atoms with Gasteiger partial charge < -0.3 is 19.7 Å². The Labute approximate surface area is 206 Å². The number of para-hydroxylation sites is 1. The third kappa shape index (κ3) is 5.11. The quantitative estimate of drug-likeness (QED) is 0.592. The second kappa shape index (κ2) is 10.7. The number of nitrogens with one attached hydrogen (secondary N) is 1. The molecule has 0 amide bonds. The fourth-order valence-electron chi connectivity index (χ4n) is 5.60. The number of halogens is 1. The lowest BCUT2D eigenvalue weighted by Crippen LogP contribution is -2.41. The summed E-state index contributed by atoms with van der Waals surface area (Å²) in [6, 6.07) is 12.0. The molecule has 3 fully saturated rings. The van der Waals surface area contributed by atoms with Crippen LogP contribution in [0.3, 0.4) is 0 Å². The van der Waals surface area contributed by atoms with Crippen molar-refractivity contribution in [3.05, 3.63) is 51.9 Å². The summed E-state index contributed by atoms with van der Waals surface area (Å²) in [6.07, 6.45) is 9.26. The van der Waals surface area contributed by atoms with E-state index in [1.807, 2.05) is 0 Å². The van der Waals surface area contributed by atoms with Gasteiger partial charge in [-0.25, -0.2) is 4.68 Å². The summed E-state index contributed by atoms with van der Waals surface area (Å²) in [5, 5.41) is 8.04. The van der Waals surface area contributed by atoms with Gasteiger partial charge in [-0.15, -0.1) is 0 Å². The maximum atomic E-state index is 13.1. The number of rotatable bonds is 8. The van der Waals surface area contributed by atoms with Crippen LogP contribution in [0.25, 0.3) is 0 Å². The Morgan fingerprint density at radius 2 is 1.82 bits per heavy atom. The standard InChI is InChI=1S/C26H35ClN4O3/c1-33-24-13-14-34-17-18(24)15-28-23-16-29-31(26(32)25(23)27)22-11-9-21(10-12-22)30(20-7-8-20)19-5-3-2-4-6-19/h2-6,16,18,20-22,24,28H,7-15,17H2,1H3/t18-,21?,22?,24+/m1/s1. The van der Waals surface area contributed by atoms with E-state index >= 15 is 0 Å². The van der Waals surface area contributed by atoms with Crippen molar-refractivity contribution in [1.29, 1.82) is 0 Å². The fourth-order valence-corrected chi connectivity index (χ4v) is 5.80. The molecule has 0 spiro atoms. The summed E-state index contributed by atoms with van der Waals surface area (Å²) < 4.78 is 12.8. The number of nitrogens with zero attached hydrogens (tertiary/aromatic N) is 3. The zero-order valence-corrected chi connectivity index (χ0v) is 20.6. The Kier molecular flexibility index (Phi) is 7.42. The van der Waals surface area contributed by atoms with Crippen molar-refractivity contribution in [2.24, 2.45) is 5.92 Å². The van der Waals surface area contributed by atoms with E-state index in [1.165, 1.54) is 18.5 Å². The number of methoxy groups -OCH3 is 1. The van der Waals surface area contributed by atoms with Gasteiger partial charge in [0.25, 0.3) is 5.56 Å². The van der Waals surface area contributed by atoms with E-state index in [9.17, 15) is 4.79 Å². The average Bonchev–Trinajstić information content (AvgIpc) is 3.72.